The van der Waals surface area contributed by atoms with E-state index in [-0.39, 0.29) is 17.9 Å². The van der Waals surface area contributed by atoms with Crippen molar-refractivity contribution in [3.63, 3.8) is 0 Å². The van der Waals surface area contributed by atoms with Crippen molar-refractivity contribution in [2.75, 3.05) is 10.6 Å². The van der Waals surface area contributed by atoms with Gasteiger partial charge >= 0.3 is 0 Å². The Balaban J connectivity index is 1.26. The zero-order valence-electron chi connectivity index (χ0n) is 16.0. The van der Waals surface area contributed by atoms with Crippen molar-refractivity contribution in [3.05, 3.63) is 66.4 Å². The van der Waals surface area contributed by atoms with Crippen molar-refractivity contribution in [2.45, 2.75) is 25.8 Å². The molecule has 2 aromatic heterocycles. The van der Waals surface area contributed by atoms with Crippen LogP contribution < -0.4 is 10.6 Å². The number of benzene rings is 2. The SMILES string of the molecule is C[C@@H](Nc1nn2cc(-c3ccccc3)nc2s1)c1ccc(NC(=O)C2CC2)cc1. The average molecular weight is 404 g/mol. The molecule has 1 aliphatic carbocycles. The standard InChI is InChI=1S/C22H21N5OS/c1-14(15-9-11-18(12-10-15)24-20(28)17-7-8-17)23-21-26-27-13-19(25-22(27)29-21)16-5-3-2-4-6-16/h2-6,9-14,17H,7-8H2,1H3,(H,23,26)(H,24,28)/t14-/m1/s1. The molecule has 1 fully saturated rings. The molecule has 0 bridgehead atoms. The summed E-state index contributed by atoms with van der Waals surface area (Å²) < 4.78 is 1.82. The van der Waals surface area contributed by atoms with Crippen LogP contribution in [-0.4, -0.2) is 20.5 Å². The van der Waals surface area contributed by atoms with Gasteiger partial charge in [0.05, 0.1) is 17.9 Å². The second-order valence-corrected chi connectivity index (χ2v) is 8.33. The predicted octanol–water partition coefficient (Wildman–Crippen LogP) is 4.98. The van der Waals surface area contributed by atoms with Crippen LogP contribution in [0.1, 0.15) is 31.4 Å². The maximum atomic E-state index is 11.9. The minimum Gasteiger partial charge on any atom is -0.354 e. The van der Waals surface area contributed by atoms with E-state index in [9.17, 15) is 4.79 Å². The molecule has 29 heavy (non-hydrogen) atoms. The molecule has 1 atom stereocenters. The summed E-state index contributed by atoms with van der Waals surface area (Å²) >= 11 is 1.53. The second kappa shape index (κ2) is 7.33. The number of hydrogen-bond acceptors (Lipinski definition) is 5. The maximum Gasteiger partial charge on any atom is 0.227 e. The fourth-order valence-corrected chi connectivity index (χ4v) is 4.09. The summed E-state index contributed by atoms with van der Waals surface area (Å²) in [6.07, 6.45) is 3.97. The summed E-state index contributed by atoms with van der Waals surface area (Å²) in [5, 5.41) is 11.8. The lowest BCUT2D eigenvalue weighted by atomic mass is 10.1. The largest absolute Gasteiger partial charge is 0.354 e. The molecule has 1 amide bonds. The normalized spacial score (nSPS) is 14.7. The van der Waals surface area contributed by atoms with Gasteiger partial charge in [-0.05, 0) is 37.5 Å². The zero-order valence-corrected chi connectivity index (χ0v) is 16.8. The van der Waals surface area contributed by atoms with Gasteiger partial charge in [0.15, 0.2) is 0 Å². The van der Waals surface area contributed by atoms with E-state index >= 15 is 0 Å². The smallest absolute Gasteiger partial charge is 0.227 e. The Labute approximate surface area is 172 Å². The first-order valence-electron chi connectivity index (χ1n) is 9.75. The highest BCUT2D eigenvalue weighted by Gasteiger charge is 2.29. The van der Waals surface area contributed by atoms with Crippen molar-refractivity contribution >= 4 is 33.0 Å². The van der Waals surface area contributed by atoms with Gasteiger partial charge in [-0.1, -0.05) is 53.8 Å². The molecule has 1 aliphatic rings. The minimum atomic E-state index is 0.0904. The van der Waals surface area contributed by atoms with Crippen molar-refractivity contribution in [1.82, 2.24) is 14.6 Å². The van der Waals surface area contributed by atoms with Crippen LogP contribution in [0.25, 0.3) is 16.2 Å². The van der Waals surface area contributed by atoms with Crippen LogP contribution in [0.3, 0.4) is 0 Å². The number of imidazole rings is 1. The Morgan fingerprint density at radius 3 is 2.59 bits per heavy atom. The lowest BCUT2D eigenvalue weighted by Gasteiger charge is -2.13. The molecule has 4 aromatic rings. The third-order valence-corrected chi connectivity index (χ3v) is 5.93. The number of amides is 1. The Kier molecular flexibility index (Phi) is 4.52. The van der Waals surface area contributed by atoms with E-state index in [0.29, 0.717) is 0 Å². The number of hydrogen-bond donors (Lipinski definition) is 2. The lowest BCUT2D eigenvalue weighted by molar-refractivity contribution is -0.117. The molecule has 2 N–H and O–H groups in total. The first kappa shape index (κ1) is 17.9. The Hall–Kier alpha value is -3.19. The van der Waals surface area contributed by atoms with Crippen LogP contribution in [0.15, 0.2) is 60.8 Å². The van der Waals surface area contributed by atoms with Crippen molar-refractivity contribution < 1.29 is 4.79 Å². The zero-order chi connectivity index (χ0) is 19.8. The summed E-state index contributed by atoms with van der Waals surface area (Å²) in [5.41, 5.74) is 3.99. The Bertz CT molecular complexity index is 1110. The van der Waals surface area contributed by atoms with Gasteiger partial charge in [0.1, 0.15) is 0 Å². The van der Waals surface area contributed by atoms with E-state index in [1.54, 1.807) is 0 Å². The topological polar surface area (TPSA) is 71.3 Å². The molecular weight excluding hydrogens is 382 g/mol. The summed E-state index contributed by atoms with van der Waals surface area (Å²) in [5.74, 6) is 0.339. The summed E-state index contributed by atoms with van der Waals surface area (Å²) in [6.45, 7) is 2.09. The van der Waals surface area contributed by atoms with E-state index in [1.165, 1.54) is 11.3 Å². The molecule has 0 aliphatic heterocycles. The Morgan fingerprint density at radius 2 is 1.90 bits per heavy atom. The van der Waals surface area contributed by atoms with Gasteiger partial charge in [-0.25, -0.2) is 9.50 Å². The van der Waals surface area contributed by atoms with Crippen molar-refractivity contribution in [3.8, 4) is 11.3 Å². The van der Waals surface area contributed by atoms with E-state index < -0.39 is 0 Å². The highest BCUT2D eigenvalue weighted by atomic mass is 32.1. The van der Waals surface area contributed by atoms with Crippen LogP contribution in [0, 0.1) is 5.92 Å². The number of aromatic nitrogens is 3. The Morgan fingerprint density at radius 1 is 1.14 bits per heavy atom. The third kappa shape index (κ3) is 3.86. The number of nitrogens with one attached hydrogen (secondary N) is 2. The number of fused-ring (bicyclic) bond motifs is 1. The number of carbonyl (C=O) groups is 1. The first-order valence-corrected chi connectivity index (χ1v) is 10.6. The predicted molar refractivity (Wildman–Crippen MR) is 116 cm³/mol. The lowest BCUT2D eigenvalue weighted by Crippen LogP contribution is -2.13. The van der Waals surface area contributed by atoms with Gasteiger partial charge < -0.3 is 10.6 Å². The van der Waals surface area contributed by atoms with E-state index in [1.807, 2.05) is 65.3 Å². The van der Waals surface area contributed by atoms with Crippen LogP contribution in [0.4, 0.5) is 10.8 Å². The van der Waals surface area contributed by atoms with Crippen molar-refractivity contribution in [2.24, 2.45) is 5.92 Å². The fraction of sp³-hybridized carbons (Fsp3) is 0.227. The van der Waals surface area contributed by atoms with E-state index in [0.717, 1.165) is 45.4 Å². The molecule has 7 heteroatoms. The molecule has 1 saturated carbocycles. The summed E-state index contributed by atoms with van der Waals surface area (Å²) in [7, 11) is 0. The molecule has 2 heterocycles. The third-order valence-electron chi connectivity index (χ3n) is 5.08. The molecular formula is C22H21N5OS. The number of rotatable bonds is 6. The van der Waals surface area contributed by atoms with Crippen LogP contribution in [-0.2, 0) is 4.79 Å². The highest BCUT2D eigenvalue weighted by Crippen LogP contribution is 2.31. The monoisotopic (exact) mass is 403 g/mol. The molecule has 0 unspecified atom stereocenters. The van der Waals surface area contributed by atoms with Crippen molar-refractivity contribution in [1.29, 1.82) is 0 Å². The second-order valence-electron chi connectivity index (χ2n) is 7.38. The van der Waals surface area contributed by atoms with Gasteiger partial charge in [0, 0.05) is 17.2 Å². The minimum absolute atomic E-state index is 0.0904. The van der Waals surface area contributed by atoms with Gasteiger partial charge in [0.25, 0.3) is 0 Å². The number of anilines is 2. The number of carbonyl (C=O) groups excluding carboxylic acids is 1. The average Bonchev–Trinajstić information content (AvgIpc) is 3.42. The molecule has 2 aromatic carbocycles. The molecule has 6 nitrogen and oxygen atoms in total. The number of nitrogens with zero attached hydrogens (tertiary/aromatic N) is 3. The van der Waals surface area contributed by atoms with Crippen LogP contribution >= 0.6 is 11.3 Å². The fourth-order valence-electron chi connectivity index (χ4n) is 3.22. The molecule has 5 rings (SSSR count). The van der Waals surface area contributed by atoms with Gasteiger partial charge in [0.2, 0.25) is 16.0 Å². The van der Waals surface area contributed by atoms with Gasteiger partial charge in [-0.2, -0.15) is 0 Å². The maximum absolute atomic E-state index is 11.9. The summed E-state index contributed by atoms with van der Waals surface area (Å²) in [6, 6.07) is 18.2. The van der Waals surface area contributed by atoms with Crippen LogP contribution in [0.2, 0.25) is 0 Å². The molecule has 0 saturated heterocycles. The van der Waals surface area contributed by atoms with Gasteiger partial charge in [-0.15, -0.1) is 5.10 Å². The summed E-state index contributed by atoms with van der Waals surface area (Å²) in [4.78, 5) is 17.4. The van der Waals surface area contributed by atoms with Crippen LogP contribution in [0.5, 0.6) is 0 Å². The molecule has 0 radical (unpaired) electrons. The highest BCUT2D eigenvalue weighted by molar-refractivity contribution is 7.20. The van der Waals surface area contributed by atoms with E-state index in [2.05, 4.69) is 27.6 Å². The molecule has 0 spiro atoms. The molecule has 146 valence electrons. The first-order chi connectivity index (χ1) is 14.2. The quantitative estimate of drug-likeness (QED) is 0.476. The van der Waals surface area contributed by atoms with E-state index in [4.69, 9.17) is 0 Å². The van der Waals surface area contributed by atoms with Gasteiger partial charge in [-0.3, -0.25) is 4.79 Å².